The minimum absolute atomic E-state index is 0.474. The van der Waals surface area contributed by atoms with Crippen LogP contribution in [0.25, 0.3) is 0 Å². The standard InChI is InChI=1S/C6H9F3N2O/c1-4(2)11-5(10)12-3-6(7,8)9/h10H,3H2,1-2H3. The highest BCUT2D eigenvalue weighted by Gasteiger charge is 2.28. The monoisotopic (exact) mass is 182 g/mol. The zero-order valence-corrected chi connectivity index (χ0v) is 6.70. The molecule has 0 aromatic heterocycles. The van der Waals surface area contributed by atoms with Crippen molar-refractivity contribution in [1.29, 1.82) is 5.41 Å². The molecule has 0 saturated carbocycles. The molecule has 12 heavy (non-hydrogen) atoms. The molecule has 0 aliphatic heterocycles. The van der Waals surface area contributed by atoms with Gasteiger partial charge in [-0.1, -0.05) is 0 Å². The Bertz CT molecular complexity index is 193. The van der Waals surface area contributed by atoms with Crippen molar-refractivity contribution in [3.63, 3.8) is 0 Å². The second-order valence-electron chi connectivity index (χ2n) is 2.27. The van der Waals surface area contributed by atoms with E-state index in [4.69, 9.17) is 5.41 Å². The van der Waals surface area contributed by atoms with E-state index in [2.05, 4.69) is 9.73 Å². The average Bonchev–Trinajstić information content (AvgIpc) is 1.80. The van der Waals surface area contributed by atoms with Crippen molar-refractivity contribution in [3.05, 3.63) is 0 Å². The van der Waals surface area contributed by atoms with Crippen LogP contribution in [-0.4, -0.2) is 24.5 Å². The first-order chi connectivity index (χ1) is 5.31. The molecule has 1 N–H and O–H groups in total. The van der Waals surface area contributed by atoms with Gasteiger partial charge in [-0.2, -0.15) is 13.2 Å². The molecule has 6 heteroatoms. The first-order valence-electron chi connectivity index (χ1n) is 3.11. The smallest absolute Gasteiger partial charge is 0.422 e. The van der Waals surface area contributed by atoms with Gasteiger partial charge in [0.1, 0.15) is 0 Å². The summed E-state index contributed by atoms with van der Waals surface area (Å²) in [6.45, 7) is 1.65. The molecular weight excluding hydrogens is 173 g/mol. The molecule has 0 unspecified atom stereocenters. The van der Waals surface area contributed by atoms with E-state index in [9.17, 15) is 13.2 Å². The Labute approximate surface area is 67.8 Å². The van der Waals surface area contributed by atoms with E-state index in [-0.39, 0.29) is 0 Å². The Morgan fingerprint density at radius 3 is 2.25 bits per heavy atom. The van der Waals surface area contributed by atoms with Crippen LogP contribution < -0.4 is 0 Å². The van der Waals surface area contributed by atoms with Gasteiger partial charge in [-0.3, -0.25) is 0 Å². The van der Waals surface area contributed by atoms with Gasteiger partial charge < -0.3 is 4.74 Å². The first kappa shape index (κ1) is 10.9. The van der Waals surface area contributed by atoms with E-state index in [0.717, 1.165) is 0 Å². The first-order valence-corrected chi connectivity index (χ1v) is 3.11. The van der Waals surface area contributed by atoms with E-state index in [1.54, 1.807) is 13.8 Å². The van der Waals surface area contributed by atoms with E-state index >= 15 is 0 Å². The number of aliphatic imine (C=N–C) groups is 1. The van der Waals surface area contributed by atoms with E-state index in [1.165, 1.54) is 0 Å². The number of hydrogen-bond acceptors (Lipinski definition) is 2. The largest absolute Gasteiger partial charge is 0.454 e. The molecule has 70 valence electrons. The van der Waals surface area contributed by atoms with E-state index in [1.807, 2.05) is 0 Å². The number of halogens is 3. The van der Waals surface area contributed by atoms with Crippen molar-refractivity contribution in [3.8, 4) is 0 Å². The Morgan fingerprint density at radius 1 is 1.42 bits per heavy atom. The van der Waals surface area contributed by atoms with E-state index in [0.29, 0.717) is 5.71 Å². The highest BCUT2D eigenvalue weighted by molar-refractivity contribution is 5.90. The summed E-state index contributed by atoms with van der Waals surface area (Å²) in [4.78, 5) is 3.36. The summed E-state index contributed by atoms with van der Waals surface area (Å²) < 4.78 is 38.4. The van der Waals surface area contributed by atoms with Gasteiger partial charge >= 0.3 is 12.2 Å². The third kappa shape index (κ3) is 7.04. The molecule has 0 fully saturated rings. The molecule has 0 spiro atoms. The molecule has 0 saturated heterocycles. The van der Waals surface area contributed by atoms with Gasteiger partial charge in [0.2, 0.25) is 0 Å². The predicted molar refractivity (Wildman–Crippen MR) is 38.5 cm³/mol. The molecule has 0 atom stereocenters. The number of nitrogens with one attached hydrogen (secondary N) is 1. The Morgan fingerprint density at radius 2 is 1.92 bits per heavy atom. The van der Waals surface area contributed by atoms with Crippen LogP contribution >= 0.6 is 0 Å². The molecule has 0 heterocycles. The molecular formula is C6H9F3N2O. The number of hydrogen-bond donors (Lipinski definition) is 1. The summed E-state index contributed by atoms with van der Waals surface area (Å²) in [6, 6.07) is -0.715. The molecule has 0 amide bonds. The van der Waals surface area contributed by atoms with Gasteiger partial charge in [0.15, 0.2) is 6.61 Å². The maximum Gasteiger partial charge on any atom is 0.422 e. The minimum Gasteiger partial charge on any atom is -0.454 e. The van der Waals surface area contributed by atoms with Crippen molar-refractivity contribution in [2.75, 3.05) is 6.61 Å². The Balaban J connectivity index is 3.81. The number of ether oxygens (including phenoxy) is 1. The predicted octanol–water partition coefficient (Wildman–Crippen LogP) is 1.98. The Kier molecular flexibility index (Phi) is 3.72. The number of nitrogens with zero attached hydrogens (tertiary/aromatic N) is 1. The van der Waals surface area contributed by atoms with Gasteiger partial charge in [0.25, 0.3) is 0 Å². The quantitative estimate of drug-likeness (QED) is 0.489. The van der Waals surface area contributed by atoms with E-state index < -0.39 is 18.8 Å². The van der Waals surface area contributed by atoms with Crippen molar-refractivity contribution in [2.24, 2.45) is 4.99 Å². The van der Waals surface area contributed by atoms with Crippen LogP contribution in [0.5, 0.6) is 0 Å². The third-order valence-corrected chi connectivity index (χ3v) is 0.698. The molecule has 3 nitrogen and oxygen atoms in total. The SMILES string of the molecule is CC(C)=NC(=N)OCC(F)(F)F. The van der Waals surface area contributed by atoms with Crippen molar-refractivity contribution < 1.29 is 17.9 Å². The molecule has 0 radical (unpaired) electrons. The molecule has 0 bridgehead atoms. The highest BCUT2D eigenvalue weighted by atomic mass is 19.4. The summed E-state index contributed by atoms with van der Waals surface area (Å²) in [7, 11) is 0. The minimum atomic E-state index is -4.41. The maximum absolute atomic E-state index is 11.5. The average molecular weight is 182 g/mol. The van der Waals surface area contributed by atoms with Crippen LogP contribution in [-0.2, 0) is 4.74 Å². The lowest BCUT2D eigenvalue weighted by Crippen LogP contribution is -2.19. The van der Waals surface area contributed by atoms with Crippen molar-refractivity contribution in [1.82, 2.24) is 0 Å². The summed E-state index contributed by atoms with van der Waals surface area (Å²) >= 11 is 0. The maximum atomic E-state index is 11.5. The van der Waals surface area contributed by atoms with Crippen LogP contribution in [0.1, 0.15) is 13.8 Å². The normalized spacial score (nSPS) is 10.8. The van der Waals surface area contributed by atoms with Gasteiger partial charge in [0.05, 0.1) is 0 Å². The summed E-state index contributed by atoms with van der Waals surface area (Å²) in [6.07, 6.45) is -4.41. The van der Waals surface area contributed by atoms with Gasteiger partial charge in [-0.05, 0) is 13.8 Å². The van der Waals surface area contributed by atoms with Gasteiger partial charge in [0, 0.05) is 5.71 Å². The third-order valence-electron chi connectivity index (χ3n) is 0.698. The van der Waals surface area contributed by atoms with Gasteiger partial charge in [-0.25, -0.2) is 10.4 Å². The lowest BCUT2D eigenvalue weighted by Gasteiger charge is -2.06. The number of alkyl halides is 3. The Hall–Kier alpha value is -1.07. The molecule has 0 rings (SSSR count). The molecule has 0 aromatic rings. The zero-order chi connectivity index (χ0) is 9.78. The van der Waals surface area contributed by atoms with Crippen LogP contribution in [0, 0.1) is 5.41 Å². The van der Waals surface area contributed by atoms with Crippen LogP contribution in [0.4, 0.5) is 13.2 Å². The van der Waals surface area contributed by atoms with Crippen LogP contribution in [0.3, 0.4) is 0 Å². The van der Waals surface area contributed by atoms with Crippen LogP contribution in [0.15, 0.2) is 4.99 Å². The second kappa shape index (κ2) is 4.08. The fourth-order valence-electron chi connectivity index (χ4n) is 0.386. The molecule has 0 aromatic carbocycles. The molecule has 0 aliphatic carbocycles. The van der Waals surface area contributed by atoms with Gasteiger partial charge in [-0.15, -0.1) is 0 Å². The topological polar surface area (TPSA) is 45.4 Å². The zero-order valence-electron chi connectivity index (χ0n) is 6.70. The summed E-state index contributed by atoms with van der Waals surface area (Å²) in [5.74, 6) is 0. The molecule has 0 aliphatic rings. The number of amidine groups is 1. The second-order valence-corrected chi connectivity index (χ2v) is 2.27. The fraction of sp³-hybridized carbons (Fsp3) is 0.667. The summed E-state index contributed by atoms with van der Waals surface area (Å²) in [5, 5.41) is 6.79. The van der Waals surface area contributed by atoms with Crippen molar-refractivity contribution >= 4 is 11.7 Å². The lowest BCUT2D eigenvalue weighted by atomic mass is 10.5. The summed E-state index contributed by atoms with van der Waals surface area (Å²) in [5.41, 5.74) is 0.474. The number of rotatable bonds is 1. The van der Waals surface area contributed by atoms with Crippen molar-refractivity contribution in [2.45, 2.75) is 20.0 Å². The fourth-order valence-corrected chi connectivity index (χ4v) is 0.386. The lowest BCUT2D eigenvalue weighted by molar-refractivity contribution is -0.156. The highest BCUT2D eigenvalue weighted by Crippen LogP contribution is 2.14. The van der Waals surface area contributed by atoms with Crippen LogP contribution in [0.2, 0.25) is 0 Å².